The van der Waals surface area contributed by atoms with Crippen LogP contribution in [0.15, 0.2) is 51.7 Å². The van der Waals surface area contributed by atoms with Crippen molar-refractivity contribution >= 4 is 34.0 Å². The first-order chi connectivity index (χ1) is 13.9. The number of carbonyl (C=O) groups excluding carboxylic acids is 1. The highest BCUT2D eigenvalue weighted by Gasteiger charge is 2.19. The van der Waals surface area contributed by atoms with Crippen molar-refractivity contribution in [3.05, 3.63) is 74.6 Å². The van der Waals surface area contributed by atoms with Crippen molar-refractivity contribution in [1.82, 2.24) is 4.90 Å². The Morgan fingerprint density at radius 3 is 2.41 bits per heavy atom. The largest absolute Gasteiger partial charge is 0.423 e. The number of fused-ring (bicyclic) bond motifs is 1. The average molecular weight is 411 g/mol. The Kier molecular flexibility index (Phi) is 5.43. The van der Waals surface area contributed by atoms with Crippen molar-refractivity contribution in [2.75, 3.05) is 31.1 Å². The molecule has 0 aliphatic carbocycles. The summed E-state index contributed by atoms with van der Waals surface area (Å²) < 4.78 is 5.36. The van der Waals surface area contributed by atoms with Gasteiger partial charge in [0.05, 0.1) is 0 Å². The zero-order valence-electron chi connectivity index (χ0n) is 16.6. The van der Waals surface area contributed by atoms with Crippen LogP contribution in [0.2, 0.25) is 5.02 Å². The van der Waals surface area contributed by atoms with Gasteiger partial charge in [0.2, 0.25) is 0 Å². The first-order valence-corrected chi connectivity index (χ1v) is 10.1. The van der Waals surface area contributed by atoms with Crippen molar-refractivity contribution in [3.63, 3.8) is 0 Å². The number of rotatable bonds is 4. The Bertz CT molecular complexity index is 1110. The van der Waals surface area contributed by atoms with Crippen LogP contribution >= 0.6 is 11.6 Å². The van der Waals surface area contributed by atoms with Gasteiger partial charge in [0.15, 0.2) is 5.78 Å². The number of carbonyl (C=O) groups is 1. The van der Waals surface area contributed by atoms with Crippen LogP contribution in [0.3, 0.4) is 0 Å². The second-order valence-corrected chi connectivity index (χ2v) is 7.96. The van der Waals surface area contributed by atoms with Crippen molar-refractivity contribution in [3.8, 4) is 0 Å². The van der Waals surface area contributed by atoms with Crippen LogP contribution in [0.4, 0.5) is 5.69 Å². The van der Waals surface area contributed by atoms with E-state index in [1.54, 1.807) is 13.0 Å². The summed E-state index contributed by atoms with van der Waals surface area (Å²) in [5, 5.41) is 1.56. The molecule has 0 spiro atoms. The summed E-state index contributed by atoms with van der Waals surface area (Å²) in [6, 6.07) is 13.1. The van der Waals surface area contributed by atoms with E-state index in [1.165, 1.54) is 0 Å². The Morgan fingerprint density at radius 2 is 1.76 bits per heavy atom. The smallest absolute Gasteiger partial charge is 0.336 e. The summed E-state index contributed by atoms with van der Waals surface area (Å²) in [6.07, 6.45) is 0. The number of Topliss-reactive ketones (excluding diaryl/α,β-unsaturated/α-hetero) is 1. The normalized spacial score (nSPS) is 15.1. The number of benzene rings is 2. The molecule has 0 amide bonds. The molecule has 0 unspecified atom stereocenters. The summed E-state index contributed by atoms with van der Waals surface area (Å²) in [4.78, 5) is 28.1. The van der Waals surface area contributed by atoms with Gasteiger partial charge in [-0.25, -0.2) is 4.79 Å². The number of aryl methyl sites for hydroxylation is 1. The van der Waals surface area contributed by atoms with Gasteiger partial charge in [-0.2, -0.15) is 0 Å². The number of hydrogen-bond acceptors (Lipinski definition) is 5. The van der Waals surface area contributed by atoms with Gasteiger partial charge in [0.1, 0.15) is 5.58 Å². The summed E-state index contributed by atoms with van der Waals surface area (Å²) in [7, 11) is 0. The van der Waals surface area contributed by atoms with Crippen molar-refractivity contribution in [1.29, 1.82) is 0 Å². The Balaban J connectivity index is 1.48. The van der Waals surface area contributed by atoms with Crippen LogP contribution < -0.4 is 10.5 Å². The zero-order chi connectivity index (χ0) is 20.5. The predicted molar refractivity (Wildman–Crippen MR) is 116 cm³/mol. The monoisotopic (exact) mass is 410 g/mol. The standard InChI is InChI=1S/C23H23ClN2O3/c1-15-11-22-20(13-21(15)24)18(12-23(28)29-22)14-25-7-9-26(10-8-25)19-5-3-17(4-6-19)16(2)27/h3-6,11-13H,7-10,14H2,1-2H3. The first-order valence-electron chi connectivity index (χ1n) is 9.72. The molecular formula is C23H23ClN2O3. The van der Waals surface area contributed by atoms with E-state index in [1.807, 2.05) is 43.3 Å². The van der Waals surface area contributed by atoms with E-state index in [0.717, 1.165) is 53.9 Å². The van der Waals surface area contributed by atoms with E-state index in [0.29, 0.717) is 17.2 Å². The fourth-order valence-corrected chi connectivity index (χ4v) is 3.95. The van der Waals surface area contributed by atoms with Gasteiger partial charge in [-0.1, -0.05) is 11.6 Å². The fraction of sp³-hybridized carbons (Fsp3) is 0.304. The van der Waals surface area contributed by atoms with Gasteiger partial charge >= 0.3 is 5.63 Å². The zero-order valence-corrected chi connectivity index (χ0v) is 17.3. The molecular weight excluding hydrogens is 388 g/mol. The minimum atomic E-state index is -0.335. The third kappa shape index (κ3) is 4.21. The van der Waals surface area contributed by atoms with E-state index in [4.69, 9.17) is 16.0 Å². The predicted octanol–water partition coefficient (Wildman–Crippen LogP) is 4.28. The van der Waals surface area contributed by atoms with Gasteiger partial charge < -0.3 is 9.32 Å². The highest BCUT2D eigenvalue weighted by Crippen LogP contribution is 2.26. The van der Waals surface area contributed by atoms with Gasteiger partial charge in [-0.05, 0) is 61.4 Å². The van der Waals surface area contributed by atoms with Gasteiger partial charge in [-0.3, -0.25) is 9.69 Å². The molecule has 5 nitrogen and oxygen atoms in total. The number of nitrogens with zero attached hydrogens (tertiary/aromatic N) is 2. The molecule has 0 saturated carbocycles. The number of piperazine rings is 1. The quantitative estimate of drug-likeness (QED) is 0.474. The van der Waals surface area contributed by atoms with E-state index in [-0.39, 0.29) is 11.4 Å². The molecule has 4 rings (SSSR count). The maximum Gasteiger partial charge on any atom is 0.336 e. The number of hydrogen-bond donors (Lipinski definition) is 0. The van der Waals surface area contributed by atoms with Crippen LogP contribution in [-0.4, -0.2) is 36.9 Å². The molecule has 0 atom stereocenters. The van der Waals surface area contributed by atoms with E-state index in [2.05, 4.69) is 9.80 Å². The average Bonchev–Trinajstić information content (AvgIpc) is 2.70. The highest BCUT2D eigenvalue weighted by atomic mass is 35.5. The summed E-state index contributed by atoms with van der Waals surface area (Å²) in [5.74, 6) is 0.0798. The molecule has 0 N–H and O–H groups in total. The van der Waals surface area contributed by atoms with Crippen LogP contribution in [-0.2, 0) is 6.54 Å². The third-order valence-electron chi connectivity index (χ3n) is 5.51. The summed E-state index contributed by atoms with van der Waals surface area (Å²) in [6.45, 7) is 7.70. The van der Waals surface area contributed by atoms with Gasteiger partial charge in [0, 0.05) is 60.4 Å². The van der Waals surface area contributed by atoms with Crippen LogP contribution in [0, 0.1) is 6.92 Å². The maximum atomic E-state index is 12.0. The molecule has 150 valence electrons. The summed E-state index contributed by atoms with van der Waals surface area (Å²) >= 11 is 6.30. The molecule has 3 aromatic rings. The van der Waals surface area contributed by atoms with E-state index < -0.39 is 0 Å². The molecule has 2 heterocycles. The molecule has 2 aromatic carbocycles. The van der Waals surface area contributed by atoms with Crippen LogP contribution in [0.25, 0.3) is 11.0 Å². The van der Waals surface area contributed by atoms with Crippen molar-refractivity contribution in [2.45, 2.75) is 20.4 Å². The SMILES string of the molecule is CC(=O)c1ccc(N2CCN(Cc3cc(=O)oc4cc(C)c(Cl)cc34)CC2)cc1. The number of anilines is 1. The number of ketones is 1. The molecule has 0 bridgehead atoms. The lowest BCUT2D eigenvalue weighted by Gasteiger charge is -2.36. The lowest BCUT2D eigenvalue weighted by atomic mass is 10.1. The molecule has 1 aliphatic heterocycles. The Hall–Kier alpha value is -2.63. The number of halogens is 1. The van der Waals surface area contributed by atoms with Gasteiger partial charge in [0.25, 0.3) is 0 Å². The fourth-order valence-electron chi connectivity index (χ4n) is 3.79. The molecule has 1 aliphatic rings. The van der Waals surface area contributed by atoms with Crippen LogP contribution in [0.5, 0.6) is 0 Å². The molecule has 0 radical (unpaired) electrons. The van der Waals surface area contributed by atoms with E-state index >= 15 is 0 Å². The van der Waals surface area contributed by atoms with Gasteiger partial charge in [-0.15, -0.1) is 0 Å². The lowest BCUT2D eigenvalue weighted by Crippen LogP contribution is -2.46. The second kappa shape index (κ2) is 8.01. The molecule has 1 fully saturated rings. The minimum absolute atomic E-state index is 0.0798. The highest BCUT2D eigenvalue weighted by molar-refractivity contribution is 6.32. The molecule has 1 aromatic heterocycles. The maximum absolute atomic E-state index is 12.0. The second-order valence-electron chi connectivity index (χ2n) is 7.55. The Morgan fingerprint density at radius 1 is 1.07 bits per heavy atom. The molecule has 6 heteroatoms. The molecule has 1 saturated heterocycles. The molecule has 29 heavy (non-hydrogen) atoms. The van der Waals surface area contributed by atoms with Crippen molar-refractivity contribution in [2.24, 2.45) is 0 Å². The topological polar surface area (TPSA) is 53.8 Å². The van der Waals surface area contributed by atoms with E-state index in [9.17, 15) is 9.59 Å². The van der Waals surface area contributed by atoms with Crippen molar-refractivity contribution < 1.29 is 9.21 Å². The Labute approximate surface area is 174 Å². The minimum Gasteiger partial charge on any atom is -0.423 e. The first kappa shape index (κ1) is 19.7. The van der Waals surface area contributed by atoms with Crippen LogP contribution in [0.1, 0.15) is 28.4 Å². The summed E-state index contributed by atoms with van der Waals surface area (Å²) in [5.41, 5.74) is 3.94. The third-order valence-corrected chi connectivity index (χ3v) is 5.92. The lowest BCUT2D eigenvalue weighted by molar-refractivity contribution is 0.101.